The SMILES string of the molecule is C[Si](C)(C)c1cnc(Cl)nc1Cl. The van der Waals surface area contributed by atoms with Crippen molar-refractivity contribution in [3.8, 4) is 0 Å². The van der Waals surface area contributed by atoms with Crippen LogP contribution in [0.2, 0.25) is 30.1 Å². The van der Waals surface area contributed by atoms with E-state index >= 15 is 0 Å². The molecule has 1 aromatic rings. The van der Waals surface area contributed by atoms with Gasteiger partial charge in [-0.3, -0.25) is 0 Å². The topological polar surface area (TPSA) is 25.8 Å². The fraction of sp³-hybridized carbons (Fsp3) is 0.429. The van der Waals surface area contributed by atoms with E-state index in [9.17, 15) is 0 Å². The fourth-order valence-corrected chi connectivity index (χ4v) is 3.13. The van der Waals surface area contributed by atoms with Gasteiger partial charge in [0, 0.05) is 6.20 Å². The molecule has 0 saturated heterocycles. The maximum Gasteiger partial charge on any atom is 0.223 e. The molecule has 0 unspecified atom stereocenters. The van der Waals surface area contributed by atoms with Crippen LogP contribution >= 0.6 is 23.2 Å². The van der Waals surface area contributed by atoms with E-state index < -0.39 is 8.07 Å². The van der Waals surface area contributed by atoms with E-state index in [0.717, 1.165) is 5.19 Å². The second-order valence-electron chi connectivity index (χ2n) is 3.59. The maximum atomic E-state index is 5.91. The van der Waals surface area contributed by atoms with E-state index in [-0.39, 0.29) is 5.28 Å². The van der Waals surface area contributed by atoms with Gasteiger partial charge in [0.25, 0.3) is 0 Å². The summed E-state index contributed by atoms with van der Waals surface area (Å²) in [5, 5.41) is 1.75. The molecule has 1 rings (SSSR count). The molecule has 0 saturated carbocycles. The Morgan fingerprint density at radius 1 is 1.25 bits per heavy atom. The molecule has 0 aliphatic rings. The Bertz CT molecular complexity index is 296. The minimum atomic E-state index is -1.42. The van der Waals surface area contributed by atoms with Gasteiger partial charge in [-0.05, 0) is 16.8 Å². The summed E-state index contributed by atoms with van der Waals surface area (Å²) in [5.41, 5.74) is 0. The molecule has 0 spiro atoms. The second kappa shape index (κ2) is 3.32. The summed E-state index contributed by atoms with van der Waals surface area (Å²) in [5.74, 6) is 0. The van der Waals surface area contributed by atoms with Crippen molar-refractivity contribution < 1.29 is 0 Å². The number of hydrogen-bond donors (Lipinski definition) is 0. The van der Waals surface area contributed by atoms with E-state index in [1.54, 1.807) is 6.20 Å². The number of aromatic nitrogens is 2. The van der Waals surface area contributed by atoms with Crippen molar-refractivity contribution in [2.75, 3.05) is 0 Å². The lowest BCUT2D eigenvalue weighted by Gasteiger charge is -2.16. The molecule has 0 aromatic carbocycles. The summed E-state index contributed by atoms with van der Waals surface area (Å²) in [4.78, 5) is 7.81. The van der Waals surface area contributed by atoms with Crippen molar-refractivity contribution >= 4 is 36.5 Å². The summed E-state index contributed by atoms with van der Waals surface area (Å²) in [6, 6.07) is 0. The van der Waals surface area contributed by atoms with Gasteiger partial charge in [-0.25, -0.2) is 9.97 Å². The molecule has 0 aliphatic heterocycles. The minimum absolute atomic E-state index is 0.210. The van der Waals surface area contributed by atoms with Crippen LogP contribution in [0, 0.1) is 0 Å². The molecule has 0 aliphatic carbocycles. The average molecular weight is 221 g/mol. The molecule has 1 aromatic heterocycles. The first-order valence-electron chi connectivity index (χ1n) is 3.60. The number of nitrogens with zero attached hydrogens (tertiary/aromatic N) is 2. The fourth-order valence-electron chi connectivity index (χ4n) is 0.844. The van der Waals surface area contributed by atoms with E-state index in [0.29, 0.717) is 5.15 Å². The molecule has 0 radical (unpaired) electrons. The van der Waals surface area contributed by atoms with Crippen molar-refractivity contribution in [1.29, 1.82) is 0 Å². The van der Waals surface area contributed by atoms with Crippen LogP contribution in [-0.4, -0.2) is 18.0 Å². The molecular weight excluding hydrogens is 211 g/mol. The van der Waals surface area contributed by atoms with Crippen molar-refractivity contribution in [2.45, 2.75) is 19.6 Å². The Morgan fingerprint density at radius 3 is 2.25 bits per heavy atom. The van der Waals surface area contributed by atoms with Crippen LogP contribution in [0.15, 0.2) is 6.20 Å². The summed E-state index contributed by atoms with van der Waals surface area (Å²) < 4.78 is 0. The van der Waals surface area contributed by atoms with Crippen LogP contribution in [0.5, 0.6) is 0 Å². The summed E-state index contributed by atoms with van der Waals surface area (Å²) in [6.07, 6.45) is 1.73. The first-order chi connectivity index (χ1) is 5.41. The predicted octanol–water partition coefficient (Wildman–Crippen LogP) is 2.33. The van der Waals surface area contributed by atoms with Crippen molar-refractivity contribution in [3.05, 3.63) is 16.6 Å². The largest absolute Gasteiger partial charge is 0.227 e. The molecule has 66 valence electrons. The molecule has 2 nitrogen and oxygen atoms in total. The second-order valence-corrected chi connectivity index (χ2v) is 9.33. The van der Waals surface area contributed by atoms with Crippen LogP contribution in [0.1, 0.15) is 0 Å². The first kappa shape index (κ1) is 9.96. The highest BCUT2D eigenvalue weighted by Crippen LogP contribution is 2.10. The lowest BCUT2D eigenvalue weighted by Crippen LogP contribution is -2.39. The number of halogens is 2. The van der Waals surface area contributed by atoms with Gasteiger partial charge in [0.15, 0.2) is 0 Å². The normalized spacial score (nSPS) is 11.8. The standard InChI is InChI=1S/C7H10Cl2N2Si/c1-12(2,3)5-4-10-7(9)11-6(5)8/h4H,1-3H3. The molecule has 0 bridgehead atoms. The Kier molecular flexibility index (Phi) is 2.76. The molecule has 0 amide bonds. The Morgan fingerprint density at radius 2 is 1.83 bits per heavy atom. The highest BCUT2D eigenvalue weighted by molar-refractivity contribution is 6.90. The van der Waals surface area contributed by atoms with Crippen LogP contribution in [-0.2, 0) is 0 Å². The van der Waals surface area contributed by atoms with Crippen LogP contribution in [0.3, 0.4) is 0 Å². The molecular formula is C7H10Cl2N2Si. The third-order valence-corrected chi connectivity index (χ3v) is 4.13. The van der Waals surface area contributed by atoms with E-state index in [4.69, 9.17) is 23.2 Å². The average Bonchev–Trinajstić information content (AvgIpc) is 1.83. The molecule has 0 atom stereocenters. The molecule has 1 heterocycles. The smallest absolute Gasteiger partial charge is 0.223 e. The zero-order valence-corrected chi connectivity index (χ0v) is 9.74. The van der Waals surface area contributed by atoms with Crippen LogP contribution in [0.25, 0.3) is 0 Å². The molecule has 5 heteroatoms. The van der Waals surface area contributed by atoms with Gasteiger partial charge in [-0.15, -0.1) is 0 Å². The van der Waals surface area contributed by atoms with Gasteiger partial charge in [0.2, 0.25) is 5.28 Å². The van der Waals surface area contributed by atoms with Gasteiger partial charge < -0.3 is 0 Å². The summed E-state index contributed by atoms with van der Waals surface area (Å²) in [6.45, 7) is 6.56. The van der Waals surface area contributed by atoms with Gasteiger partial charge in [-0.1, -0.05) is 31.2 Å². The number of hydrogen-bond acceptors (Lipinski definition) is 2. The minimum Gasteiger partial charge on any atom is -0.227 e. The molecule has 0 fully saturated rings. The zero-order chi connectivity index (χ0) is 9.35. The third-order valence-electron chi connectivity index (χ3n) is 1.52. The van der Waals surface area contributed by atoms with E-state index in [1.165, 1.54) is 0 Å². The Hall–Kier alpha value is -0.123. The van der Waals surface area contributed by atoms with E-state index in [1.807, 2.05) is 0 Å². The number of rotatable bonds is 1. The Balaban J connectivity index is 3.19. The predicted molar refractivity (Wildman–Crippen MR) is 55.0 cm³/mol. The van der Waals surface area contributed by atoms with Crippen LogP contribution < -0.4 is 5.19 Å². The van der Waals surface area contributed by atoms with E-state index in [2.05, 4.69) is 29.6 Å². The maximum absolute atomic E-state index is 5.91. The van der Waals surface area contributed by atoms with Gasteiger partial charge in [-0.2, -0.15) is 0 Å². The molecule has 0 N–H and O–H groups in total. The summed E-state index contributed by atoms with van der Waals surface area (Å²) >= 11 is 11.5. The van der Waals surface area contributed by atoms with Gasteiger partial charge >= 0.3 is 0 Å². The van der Waals surface area contributed by atoms with Crippen molar-refractivity contribution in [2.24, 2.45) is 0 Å². The van der Waals surface area contributed by atoms with Gasteiger partial charge in [0.05, 0.1) is 8.07 Å². The molecule has 12 heavy (non-hydrogen) atoms. The lowest BCUT2D eigenvalue weighted by molar-refractivity contribution is 1.18. The monoisotopic (exact) mass is 220 g/mol. The first-order valence-corrected chi connectivity index (χ1v) is 7.85. The highest BCUT2D eigenvalue weighted by atomic mass is 35.5. The quantitative estimate of drug-likeness (QED) is 0.413. The third kappa shape index (κ3) is 2.18. The highest BCUT2D eigenvalue weighted by Gasteiger charge is 2.21. The zero-order valence-electron chi connectivity index (χ0n) is 7.23. The summed E-state index contributed by atoms with van der Waals surface area (Å²) in [7, 11) is -1.42. The Labute approximate surface area is 83.0 Å². The van der Waals surface area contributed by atoms with Crippen molar-refractivity contribution in [3.63, 3.8) is 0 Å². The van der Waals surface area contributed by atoms with Crippen molar-refractivity contribution in [1.82, 2.24) is 9.97 Å². The lowest BCUT2D eigenvalue weighted by atomic mass is 10.7. The van der Waals surface area contributed by atoms with Gasteiger partial charge in [0.1, 0.15) is 5.15 Å². The van der Waals surface area contributed by atoms with Crippen LogP contribution in [0.4, 0.5) is 0 Å².